The highest BCUT2D eigenvalue weighted by Crippen LogP contribution is 2.06. The molecule has 5 nitrogen and oxygen atoms in total. The second-order valence-electron chi connectivity index (χ2n) is 4.46. The van der Waals surface area contributed by atoms with Gasteiger partial charge in [-0.2, -0.15) is 0 Å². The molecular formula is C15H16N2O3. The maximum absolute atomic E-state index is 11.8. The van der Waals surface area contributed by atoms with E-state index in [-0.39, 0.29) is 12.2 Å². The smallest absolute Gasteiger partial charge is 0.345 e. The van der Waals surface area contributed by atoms with Gasteiger partial charge in [0.15, 0.2) is 0 Å². The molecule has 104 valence electrons. The number of nitrogens with one attached hydrogen (secondary N) is 1. The van der Waals surface area contributed by atoms with E-state index in [1.165, 1.54) is 11.8 Å². The van der Waals surface area contributed by atoms with Crippen molar-refractivity contribution in [2.24, 2.45) is 0 Å². The largest absolute Gasteiger partial charge is 0.462 e. The van der Waals surface area contributed by atoms with E-state index in [0.717, 1.165) is 5.56 Å². The van der Waals surface area contributed by atoms with Crippen molar-refractivity contribution in [2.45, 2.75) is 20.3 Å². The van der Waals surface area contributed by atoms with E-state index >= 15 is 0 Å². The van der Waals surface area contributed by atoms with Gasteiger partial charge in [-0.05, 0) is 19.4 Å². The molecule has 0 saturated heterocycles. The predicted molar refractivity (Wildman–Crippen MR) is 74.8 cm³/mol. The maximum Gasteiger partial charge on any atom is 0.345 e. The normalized spacial score (nSPS) is 10.3. The summed E-state index contributed by atoms with van der Waals surface area (Å²) in [7, 11) is 0. The minimum Gasteiger partial charge on any atom is -0.462 e. The Labute approximate surface area is 116 Å². The first-order valence-corrected chi connectivity index (χ1v) is 6.41. The molecule has 20 heavy (non-hydrogen) atoms. The monoisotopic (exact) mass is 272 g/mol. The van der Waals surface area contributed by atoms with Crippen LogP contribution < -0.4 is 5.56 Å². The van der Waals surface area contributed by atoms with Crippen LogP contribution >= 0.6 is 0 Å². The number of carbonyl (C=O) groups excluding carboxylic acids is 1. The molecule has 0 radical (unpaired) electrons. The Kier molecular flexibility index (Phi) is 4.30. The number of aromatic nitrogens is 2. The Morgan fingerprint density at radius 1 is 1.30 bits per heavy atom. The van der Waals surface area contributed by atoms with Crippen LogP contribution in [-0.4, -0.2) is 22.5 Å². The number of esters is 1. The molecule has 0 atom stereocenters. The molecule has 5 heteroatoms. The highest BCUT2D eigenvalue weighted by molar-refractivity contribution is 5.88. The van der Waals surface area contributed by atoms with Crippen molar-refractivity contribution < 1.29 is 9.53 Å². The molecule has 0 unspecified atom stereocenters. The van der Waals surface area contributed by atoms with Crippen LogP contribution in [0, 0.1) is 6.92 Å². The van der Waals surface area contributed by atoms with E-state index in [1.54, 1.807) is 6.92 Å². The van der Waals surface area contributed by atoms with E-state index in [9.17, 15) is 9.59 Å². The van der Waals surface area contributed by atoms with Crippen LogP contribution in [0.2, 0.25) is 0 Å². The molecule has 1 aromatic carbocycles. The van der Waals surface area contributed by atoms with Gasteiger partial charge in [0, 0.05) is 12.6 Å². The summed E-state index contributed by atoms with van der Waals surface area (Å²) in [5, 5.41) is 0. The highest BCUT2D eigenvalue weighted by Gasteiger charge is 2.12. The van der Waals surface area contributed by atoms with Crippen LogP contribution in [0.3, 0.4) is 0 Å². The Morgan fingerprint density at radius 3 is 2.60 bits per heavy atom. The number of aryl methyl sites for hydroxylation is 1. The van der Waals surface area contributed by atoms with Crippen LogP contribution in [0.25, 0.3) is 0 Å². The van der Waals surface area contributed by atoms with Gasteiger partial charge in [0.25, 0.3) is 5.56 Å². The van der Waals surface area contributed by atoms with Gasteiger partial charge >= 0.3 is 5.97 Å². The fraction of sp³-hybridized carbons (Fsp3) is 0.267. The van der Waals surface area contributed by atoms with Gasteiger partial charge in [0.1, 0.15) is 11.4 Å². The maximum atomic E-state index is 11.8. The number of hydrogen-bond acceptors (Lipinski definition) is 4. The Morgan fingerprint density at radius 2 is 2.00 bits per heavy atom. The average Bonchev–Trinajstić information content (AvgIpc) is 2.42. The molecule has 0 aliphatic carbocycles. The first-order chi connectivity index (χ1) is 9.60. The van der Waals surface area contributed by atoms with E-state index in [1.807, 2.05) is 31.2 Å². The minimum absolute atomic E-state index is 0.0699. The molecule has 1 heterocycles. The molecule has 2 rings (SSSR count). The van der Waals surface area contributed by atoms with Crippen LogP contribution in [0.15, 0.2) is 35.3 Å². The van der Waals surface area contributed by atoms with E-state index in [0.29, 0.717) is 12.2 Å². The van der Waals surface area contributed by atoms with Gasteiger partial charge in [-0.3, -0.25) is 4.79 Å². The van der Waals surface area contributed by atoms with E-state index < -0.39 is 11.5 Å². The van der Waals surface area contributed by atoms with Gasteiger partial charge in [0.2, 0.25) is 0 Å². The Balaban J connectivity index is 2.19. The standard InChI is InChI=1S/C15H16N2O3/c1-3-20-15(19)12-9-16-13(17-14(12)18)8-11-6-4-10(2)5-7-11/h4-7,9H,3,8H2,1-2H3,(H,16,17,18). The summed E-state index contributed by atoms with van der Waals surface area (Å²) in [6, 6.07) is 7.96. The second kappa shape index (κ2) is 6.14. The number of ether oxygens (including phenoxy) is 1. The van der Waals surface area contributed by atoms with Gasteiger partial charge in [-0.15, -0.1) is 0 Å². The summed E-state index contributed by atoms with van der Waals surface area (Å²) < 4.78 is 4.78. The fourth-order valence-electron chi connectivity index (χ4n) is 1.78. The Bertz CT molecular complexity index is 660. The van der Waals surface area contributed by atoms with Crippen molar-refractivity contribution in [1.82, 2.24) is 9.97 Å². The molecule has 0 amide bonds. The molecule has 0 saturated carbocycles. The molecule has 0 spiro atoms. The summed E-state index contributed by atoms with van der Waals surface area (Å²) in [6.45, 7) is 3.92. The van der Waals surface area contributed by atoms with Crippen LogP contribution in [0.1, 0.15) is 34.2 Å². The first-order valence-electron chi connectivity index (χ1n) is 6.41. The van der Waals surface area contributed by atoms with Crippen molar-refractivity contribution in [2.75, 3.05) is 6.61 Å². The minimum atomic E-state index is -0.650. The third kappa shape index (κ3) is 3.32. The Hall–Kier alpha value is -2.43. The summed E-state index contributed by atoms with van der Waals surface area (Å²) in [5.74, 6) is -0.130. The zero-order chi connectivity index (χ0) is 14.5. The predicted octanol–water partition coefficient (Wildman–Crippen LogP) is 1.85. The second-order valence-corrected chi connectivity index (χ2v) is 4.46. The van der Waals surface area contributed by atoms with Gasteiger partial charge in [-0.25, -0.2) is 9.78 Å². The number of benzene rings is 1. The fourth-order valence-corrected chi connectivity index (χ4v) is 1.78. The van der Waals surface area contributed by atoms with Gasteiger partial charge in [-0.1, -0.05) is 29.8 Å². The molecule has 0 fully saturated rings. The van der Waals surface area contributed by atoms with Crippen molar-refractivity contribution in [3.05, 3.63) is 63.3 Å². The zero-order valence-corrected chi connectivity index (χ0v) is 11.5. The topological polar surface area (TPSA) is 72.0 Å². The molecule has 0 bridgehead atoms. The van der Waals surface area contributed by atoms with Crippen LogP contribution in [0.5, 0.6) is 0 Å². The molecule has 1 aromatic heterocycles. The first kappa shape index (κ1) is 14.0. The number of H-pyrrole nitrogens is 1. The lowest BCUT2D eigenvalue weighted by atomic mass is 10.1. The van der Waals surface area contributed by atoms with Crippen molar-refractivity contribution in [3.8, 4) is 0 Å². The van der Waals surface area contributed by atoms with Gasteiger partial charge in [0.05, 0.1) is 6.61 Å². The van der Waals surface area contributed by atoms with Gasteiger partial charge < -0.3 is 9.72 Å². The molecule has 2 aromatic rings. The van der Waals surface area contributed by atoms with E-state index in [2.05, 4.69) is 9.97 Å². The third-order valence-electron chi connectivity index (χ3n) is 2.84. The van der Waals surface area contributed by atoms with Crippen LogP contribution in [0.4, 0.5) is 0 Å². The number of rotatable bonds is 4. The van der Waals surface area contributed by atoms with Crippen LogP contribution in [-0.2, 0) is 11.2 Å². The number of aromatic amines is 1. The van der Waals surface area contributed by atoms with Crippen molar-refractivity contribution in [1.29, 1.82) is 0 Å². The summed E-state index contributed by atoms with van der Waals surface area (Å²) >= 11 is 0. The van der Waals surface area contributed by atoms with E-state index in [4.69, 9.17) is 4.74 Å². The summed E-state index contributed by atoms with van der Waals surface area (Å²) in [5.41, 5.74) is 1.68. The SMILES string of the molecule is CCOC(=O)c1cnc(Cc2ccc(C)cc2)[nH]c1=O. The summed E-state index contributed by atoms with van der Waals surface area (Å²) in [4.78, 5) is 30.0. The summed E-state index contributed by atoms with van der Waals surface area (Å²) in [6.07, 6.45) is 1.78. The van der Waals surface area contributed by atoms with Crippen molar-refractivity contribution >= 4 is 5.97 Å². The lowest BCUT2D eigenvalue weighted by Crippen LogP contribution is -2.22. The number of nitrogens with zero attached hydrogens (tertiary/aromatic N) is 1. The van der Waals surface area contributed by atoms with Crippen molar-refractivity contribution in [3.63, 3.8) is 0 Å². The number of carbonyl (C=O) groups is 1. The lowest BCUT2D eigenvalue weighted by molar-refractivity contribution is 0.0523. The lowest BCUT2D eigenvalue weighted by Gasteiger charge is -2.04. The zero-order valence-electron chi connectivity index (χ0n) is 11.5. The average molecular weight is 272 g/mol. The quantitative estimate of drug-likeness (QED) is 0.862. The molecular weight excluding hydrogens is 256 g/mol. The molecule has 0 aliphatic rings. The number of hydrogen-bond donors (Lipinski definition) is 1. The molecule has 0 aliphatic heterocycles. The third-order valence-corrected chi connectivity index (χ3v) is 2.84. The molecule has 1 N–H and O–H groups in total. The highest BCUT2D eigenvalue weighted by atomic mass is 16.5.